The van der Waals surface area contributed by atoms with Gasteiger partial charge in [0.2, 0.25) is 0 Å². The van der Waals surface area contributed by atoms with Gasteiger partial charge in [0.05, 0.1) is 11.3 Å². The fraction of sp³-hybridized carbons (Fsp3) is 0.111. The number of nitriles is 1. The van der Waals surface area contributed by atoms with E-state index in [-0.39, 0.29) is 5.91 Å². The predicted octanol–water partition coefficient (Wildman–Crippen LogP) is 3.91. The fourth-order valence-electron chi connectivity index (χ4n) is 2.54. The highest BCUT2D eigenvalue weighted by Crippen LogP contribution is 2.24. The van der Waals surface area contributed by atoms with Gasteiger partial charge < -0.3 is 10.3 Å². The van der Waals surface area contributed by atoms with E-state index >= 15 is 0 Å². The van der Waals surface area contributed by atoms with Crippen LogP contribution in [0.2, 0.25) is 0 Å². The van der Waals surface area contributed by atoms with Crippen LogP contribution in [-0.2, 0) is 0 Å². The number of hydrogen-bond acceptors (Lipinski definition) is 2. The molecule has 0 radical (unpaired) electrons. The zero-order chi connectivity index (χ0) is 15.7. The van der Waals surface area contributed by atoms with Gasteiger partial charge >= 0.3 is 0 Å². The lowest BCUT2D eigenvalue weighted by Gasteiger charge is -2.06. The van der Waals surface area contributed by atoms with Crippen molar-refractivity contribution < 1.29 is 4.79 Å². The van der Waals surface area contributed by atoms with Crippen molar-refractivity contribution in [3.63, 3.8) is 0 Å². The number of nitrogens with zero attached hydrogens (tertiary/aromatic N) is 1. The Kier molecular flexibility index (Phi) is 3.40. The van der Waals surface area contributed by atoms with E-state index in [9.17, 15) is 4.79 Å². The van der Waals surface area contributed by atoms with Crippen LogP contribution in [0.1, 0.15) is 27.2 Å². The summed E-state index contributed by atoms with van der Waals surface area (Å²) in [6.07, 6.45) is 0. The molecule has 1 heterocycles. The second kappa shape index (κ2) is 5.38. The van der Waals surface area contributed by atoms with Crippen molar-refractivity contribution >= 4 is 22.5 Å². The highest BCUT2D eigenvalue weighted by atomic mass is 16.1. The standard InChI is InChI=1S/C18H15N3O/c1-11-7-8-16-14(9-11)12(2)17(20-16)18(22)21-15-6-4-3-5-13(15)10-19/h3-9,20H,1-2H3,(H,21,22). The van der Waals surface area contributed by atoms with Crippen LogP contribution in [-0.4, -0.2) is 10.9 Å². The lowest BCUT2D eigenvalue weighted by molar-refractivity contribution is 0.102. The first-order valence-electron chi connectivity index (χ1n) is 6.99. The smallest absolute Gasteiger partial charge is 0.272 e. The van der Waals surface area contributed by atoms with Gasteiger partial charge in [-0.25, -0.2) is 0 Å². The number of rotatable bonds is 2. The topological polar surface area (TPSA) is 68.7 Å². The number of hydrogen-bond donors (Lipinski definition) is 2. The lowest BCUT2D eigenvalue weighted by Crippen LogP contribution is -2.14. The van der Waals surface area contributed by atoms with Crippen LogP contribution in [0.4, 0.5) is 5.69 Å². The van der Waals surface area contributed by atoms with Crippen molar-refractivity contribution in [2.24, 2.45) is 0 Å². The lowest BCUT2D eigenvalue weighted by atomic mass is 10.1. The molecule has 0 aliphatic carbocycles. The number of anilines is 1. The molecule has 0 aliphatic heterocycles. The minimum absolute atomic E-state index is 0.242. The largest absolute Gasteiger partial charge is 0.350 e. The van der Waals surface area contributed by atoms with E-state index in [1.54, 1.807) is 24.3 Å². The summed E-state index contributed by atoms with van der Waals surface area (Å²) in [6.45, 7) is 3.94. The highest BCUT2D eigenvalue weighted by molar-refractivity contribution is 6.08. The molecule has 0 atom stereocenters. The van der Waals surface area contributed by atoms with Crippen LogP contribution in [0.3, 0.4) is 0 Å². The van der Waals surface area contributed by atoms with Crippen LogP contribution in [0.5, 0.6) is 0 Å². The van der Waals surface area contributed by atoms with E-state index in [1.807, 2.05) is 26.0 Å². The molecule has 0 fully saturated rings. The maximum atomic E-state index is 12.5. The Morgan fingerprint density at radius 2 is 1.95 bits per heavy atom. The van der Waals surface area contributed by atoms with Gasteiger partial charge in [0, 0.05) is 10.9 Å². The average Bonchev–Trinajstić information content (AvgIpc) is 2.85. The number of fused-ring (bicyclic) bond motifs is 1. The monoisotopic (exact) mass is 289 g/mol. The van der Waals surface area contributed by atoms with Gasteiger partial charge in [-0.15, -0.1) is 0 Å². The zero-order valence-electron chi connectivity index (χ0n) is 12.4. The molecular formula is C18H15N3O. The maximum absolute atomic E-state index is 12.5. The Morgan fingerprint density at radius 1 is 1.18 bits per heavy atom. The number of aromatic amines is 1. The second-order valence-corrected chi connectivity index (χ2v) is 5.29. The Hall–Kier alpha value is -3.06. The van der Waals surface area contributed by atoms with Crippen LogP contribution in [0, 0.1) is 25.2 Å². The van der Waals surface area contributed by atoms with E-state index in [0.29, 0.717) is 16.9 Å². The number of para-hydroxylation sites is 1. The normalized spacial score (nSPS) is 10.4. The number of aromatic nitrogens is 1. The number of aryl methyl sites for hydroxylation is 2. The van der Waals surface area contributed by atoms with Crippen molar-refractivity contribution in [3.05, 3.63) is 64.8 Å². The van der Waals surface area contributed by atoms with Crippen molar-refractivity contribution in [1.82, 2.24) is 4.98 Å². The molecule has 22 heavy (non-hydrogen) atoms. The molecule has 0 saturated heterocycles. The Morgan fingerprint density at radius 3 is 2.73 bits per heavy atom. The molecule has 4 heteroatoms. The molecule has 3 rings (SSSR count). The summed E-state index contributed by atoms with van der Waals surface area (Å²) >= 11 is 0. The molecule has 108 valence electrons. The van der Waals surface area contributed by atoms with E-state index in [4.69, 9.17) is 5.26 Å². The van der Waals surface area contributed by atoms with Crippen molar-refractivity contribution in [3.8, 4) is 6.07 Å². The molecule has 0 saturated carbocycles. The van der Waals surface area contributed by atoms with Gasteiger partial charge in [0.15, 0.2) is 0 Å². The van der Waals surface area contributed by atoms with E-state index < -0.39 is 0 Å². The Bertz CT molecular complexity index is 916. The van der Waals surface area contributed by atoms with Crippen molar-refractivity contribution in [1.29, 1.82) is 5.26 Å². The van der Waals surface area contributed by atoms with Crippen LogP contribution in [0.25, 0.3) is 10.9 Å². The third kappa shape index (κ3) is 2.33. The summed E-state index contributed by atoms with van der Waals surface area (Å²) in [7, 11) is 0. The van der Waals surface area contributed by atoms with Crippen LogP contribution < -0.4 is 5.32 Å². The van der Waals surface area contributed by atoms with Gasteiger partial charge in [0.1, 0.15) is 11.8 Å². The predicted molar refractivity (Wildman–Crippen MR) is 86.9 cm³/mol. The van der Waals surface area contributed by atoms with Gasteiger partial charge in [-0.05, 0) is 43.7 Å². The van der Waals surface area contributed by atoms with Gasteiger partial charge in [-0.3, -0.25) is 4.79 Å². The average molecular weight is 289 g/mol. The Balaban J connectivity index is 1.99. The minimum atomic E-state index is -0.242. The summed E-state index contributed by atoms with van der Waals surface area (Å²) in [4.78, 5) is 15.7. The highest BCUT2D eigenvalue weighted by Gasteiger charge is 2.16. The first-order valence-corrected chi connectivity index (χ1v) is 6.99. The summed E-state index contributed by atoms with van der Waals surface area (Å²) in [5.74, 6) is -0.242. The van der Waals surface area contributed by atoms with Gasteiger partial charge in [-0.2, -0.15) is 5.26 Å². The van der Waals surface area contributed by atoms with Crippen molar-refractivity contribution in [2.45, 2.75) is 13.8 Å². The van der Waals surface area contributed by atoms with Crippen LogP contribution in [0.15, 0.2) is 42.5 Å². The first kappa shape index (κ1) is 13.9. The van der Waals surface area contributed by atoms with Gasteiger partial charge in [0.25, 0.3) is 5.91 Å². The molecule has 0 spiro atoms. The molecule has 3 aromatic rings. The van der Waals surface area contributed by atoms with E-state index in [0.717, 1.165) is 22.0 Å². The summed E-state index contributed by atoms with van der Waals surface area (Å²) in [5, 5.41) is 12.9. The molecule has 2 N–H and O–H groups in total. The molecule has 0 bridgehead atoms. The number of benzene rings is 2. The number of carbonyl (C=O) groups is 1. The number of nitrogens with one attached hydrogen (secondary N) is 2. The third-order valence-electron chi connectivity index (χ3n) is 3.74. The molecule has 1 aromatic heterocycles. The van der Waals surface area contributed by atoms with E-state index in [2.05, 4.69) is 22.4 Å². The summed E-state index contributed by atoms with van der Waals surface area (Å²) < 4.78 is 0. The van der Waals surface area contributed by atoms with Crippen molar-refractivity contribution in [2.75, 3.05) is 5.32 Å². The quantitative estimate of drug-likeness (QED) is 0.751. The summed E-state index contributed by atoms with van der Waals surface area (Å²) in [5.41, 5.74) is 4.47. The Labute approximate surface area is 128 Å². The fourth-order valence-corrected chi connectivity index (χ4v) is 2.54. The zero-order valence-corrected chi connectivity index (χ0v) is 12.4. The first-order chi connectivity index (χ1) is 10.6. The molecule has 2 aromatic carbocycles. The van der Waals surface area contributed by atoms with Crippen LogP contribution >= 0.6 is 0 Å². The number of carbonyl (C=O) groups excluding carboxylic acids is 1. The summed E-state index contributed by atoms with van der Waals surface area (Å²) in [6, 6.07) is 15.1. The number of amides is 1. The van der Waals surface area contributed by atoms with E-state index in [1.165, 1.54) is 0 Å². The third-order valence-corrected chi connectivity index (χ3v) is 3.74. The van der Waals surface area contributed by atoms with Gasteiger partial charge in [-0.1, -0.05) is 23.8 Å². The SMILES string of the molecule is Cc1ccc2[nH]c(C(=O)Nc3ccccc3C#N)c(C)c2c1. The maximum Gasteiger partial charge on any atom is 0.272 e. The molecule has 0 aliphatic rings. The number of H-pyrrole nitrogens is 1. The molecule has 0 unspecified atom stereocenters. The molecular weight excluding hydrogens is 274 g/mol. The minimum Gasteiger partial charge on any atom is -0.350 e. The second-order valence-electron chi connectivity index (χ2n) is 5.29. The molecule has 4 nitrogen and oxygen atoms in total. The molecule has 1 amide bonds.